The van der Waals surface area contributed by atoms with Gasteiger partial charge >= 0.3 is 0 Å². The molecule has 0 amide bonds. The van der Waals surface area contributed by atoms with E-state index in [0.717, 1.165) is 32.5 Å². The summed E-state index contributed by atoms with van der Waals surface area (Å²) >= 11 is 0. The molecular formula is C12H18N4O. The maximum absolute atomic E-state index is 12.0. The van der Waals surface area contributed by atoms with E-state index < -0.39 is 0 Å². The summed E-state index contributed by atoms with van der Waals surface area (Å²) in [5, 5.41) is 7.36. The van der Waals surface area contributed by atoms with Crippen LogP contribution in [0.2, 0.25) is 0 Å². The monoisotopic (exact) mass is 234 g/mol. The highest BCUT2D eigenvalue weighted by Gasteiger charge is 2.02. The molecule has 1 N–H and O–H groups in total. The molecule has 0 aliphatic carbocycles. The molecule has 0 saturated carbocycles. The van der Waals surface area contributed by atoms with Crippen molar-refractivity contribution in [3.8, 4) is 0 Å². The molecule has 0 spiro atoms. The Balaban J connectivity index is 1.99. The van der Waals surface area contributed by atoms with Crippen LogP contribution in [0.5, 0.6) is 0 Å². The number of rotatable bonds is 6. The van der Waals surface area contributed by atoms with E-state index >= 15 is 0 Å². The molecular weight excluding hydrogens is 216 g/mol. The Morgan fingerprint density at radius 2 is 2.24 bits per heavy atom. The minimum absolute atomic E-state index is 0.0282. The lowest BCUT2D eigenvalue weighted by molar-refractivity contribution is 0.567. The fourth-order valence-electron chi connectivity index (χ4n) is 1.81. The predicted molar refractivity (Wildman–Crippen MR) is 67.2 cm³/mol. The van der Waals surface area contributed by atoms with Gasteiger partial charge in [-0.05, 0) is 32.0 Å². The highest BCUT2D eigenvalue weighted by molar-refractivity contribution is 5.42. The summed E-state index contributed by atoms with van der Waals surface area (Å²) in [6.45, 7) is 4.88. The van der Waals surface area contributed by atoms with Crippen LogP contribution >= 0.6 is 0 Å². The van der Waals surface area contributed by atoms with Crippen molar-refractivity contribution < 1.29 is 0 Å². The van der Waals surface area contributed by atoms with Crippen LogP contribution in [-0.4, -0.2) is 27.3 Å². The number of hydrogen-bond donors (Lipinski definition) is 1. The molecule has 0 aliphatic rings. The normalized spacial score (nSPS) is 11.1. The molecule has 0 unspecified atom stereocenters. The van der Waals surface area contributed by atoms with Gasteiger partial charge in [0.05, 0.1) is 6.20 Å². The van der Waals surface area contributed by atoms with Crippen molar-refractivity contribution in [2.24, 2.45) is 0 Å². The van der Waals surface area contributed by atoms with Gasteiger partial charge in [-0.25, -0.2) is 4.52 Å². The van der Waals surface area contributed by atoms with Gasteiger partial charge in [0, 0.05) is 18.9 Å². The third-order valence-electron chi connectivity index (χ3n) is 2.72. The molecule has 0 bridgehead atoms. The lowest BCUT2D eigenvalue weighted by Crippen LogP contribution is -2.24. The van der Waals surface area contributed by atoms with Gasteiger partial charge < -0.3 is 9.88 Å². The number of nitrogens with one attached hydrogen (secondary N) is 1. The number of aryl methyl sites for hydroxylation is 1. The summed E-state index contributed by atoms with van der Waals surface area (Å²) in [7, 11) is 0. The predicted octanol–water partition coefficient (Wildman–Crippen LogP) is 0.886. The van der Waals surface area contributed by atoms with E-state index in [1.165, 1.54) is 0 Å². The molecule has 0 fully saturated rings. The highest BCUT2D eigenvalue weighted by Crippen LogP contribution is 1.95. The van der Waals surface area contributed by atoms with Crippen LogP contribution in [0, 0.1) is 0 Å². The average Bonchev–Trinajstić information content (AvgIpc) is 2.80. The maximum Gasteiger partial charge on any atom is 0.276 e. The van der Waals surface area contributed by atoms with Crippen LogP contribution in [0.3, 0.4) is 0 Å². The van der Waals surface area contributed by atoms with Crippen molar-refractivity contribution in [2.75, 3.05) is 13.1 Å². The Hall–Kier alpha value is -1.62. The first kappa shape index (κ1) is 11.9. The SMILES string of the molecule is CCCNCCCn1ccn2nccc2c1=O. The summed E-state index contributed by atoms with van der Waals surface area (Å²) in [6.07, 6.45) is 7.36. The van der Waals surface area contributed by atoms with Crippen molar-refractivity contribution in [3.63, 3.8) is 0 Å². The second-order valence-electron chi connectivity index (χ2n) is 4.06. The smallest absolute Gasteiger partial charge is 0.276 e. The Labute approximate surface area is 100 Å². The van der Waals surface area contributed by atoms with E-state index in [1.54, 1.807) is 27.5 Å². The van der Waals surface area contributed by atoms with Gasteiger partial charge in [0.25, 0.3) is 5.56 Å². The Bertz CT molecular complexity index is 529. The second kappa shape index (κ2) is 5.63. The third-order valence-corrected chi connectivity index (χ3v) is 2.72. The second-order valence-corrected chi connectivity index (χ2v) is 4.06. The first-order valence-corrected chi connectivity index (χ1v) is 6.06. The number of aromatic nitrogens is 3. The van der Waals surface area contributed by atoms with Gasteiger partial charge in [-0.3, -0.25) is 4.79 Å². The summed E-state index contributed by atoms with van der Waals surface area (Å²) < 4.78 is 3.35. The molecule has 0 aliphatic heterocycles. The summed E-state index contributed by atoms with van der Waals surface area (Å²) in [5.74, 6) is 0. The topological polar surface area (TPSA) is 51.3 Å². The van der Waals surface area contributed by atoms with Gasteiger partial charge in [0.1, 0.15) is 5.52 Å². The van der Waals surface area contributed by atoms with Crippen molar-refractivity contribution in [1.82, 2.24) is 19.5 Å². The standard InChI is InChI=1S/C12H18N4O/c1-2-5-13-6-3-8-15-9-10-16-11(12(15)17)4-7-14-16/h4,7,9-10,13H,2-3,5-6,8H2,1H3. The fraction of sp³-hybridized carbons (Fsp3) is 0.500. The largest absolute Gasteiger partial charge is 0.317 e. The van der Waals surface area contributed by atoms with Crippen LogP contribution in [0.4, 0.5) is 0 Å². The number of hydrogen-bond acceptors (Lipinski definition) is 3. The Kier molecular flexibility index (Phi) is 3.93. The van der Waals surface area contributed by atoms with Crippen molar-refractivity contribution >= 4 is 5.52 Å². The number of fused-ring (bicyclic) bond motifs is 1. The summed E-state index contributed by atoms with van der Waals surface area (Å²) in [4.78, 5) is 12.0. The van der Waals surface area contributed by atoms with Crippen LogP contribution in [0.25, 0.3) is 5.52 Å². The van der Waals surface area contributed by atoms with Crippen LogP contribution in [-0.2, 0) is 6.54 Å². The van der Waals surface area contributed by atoms with Crippen LogP contribution in [0.15, 0.2) is 29.5 Å². The van der Waals surface area contributed by atoms with E-state index in [0.29, 0.717) is 5.52 Å². The van der Waals surface area contributed by atoms with Crippen molar-refractivity contribution in [2.45, 2.75) is 26.3 Å². The van der Waals surface area contributed by atoms with E-state index in [1.807, 2.05) is 6.20 Å². The average molecular weight is 234 g/mol. The molecule has 2 aromatic heterocycles. The summed E-state index contributed by atoms with van der Waals surface area (Å²) in [5.41, 5.74) is 0.662. The molecule has 2 aromatic rings. The zero-order valence-electron chi connectivity index (χ0n) is 10.1. The minimum Gasteiger partial charge on any atom is -0.317 e. The van der Waals surface area contributed by atoms with Gasteiger partial charge in [-0.2, -0.15) is 5.10 Å². The molecule has 0 atom stereocenters. The van der Waals surface area contributed by atoms with Crippen LogP contribution in [0.1, 0.15) is 19.8 Å². The molecule has 92 valence electrons. The molecule has 0 aromatic carbocycles. The molecule has 0 saturated heterocycles. The lowest BCUT2D eigenvalue weighted by Gasteiger charge is -2.06. The zero-order valence-corrected chi connectivity index (χ0v) is 10.1. The van der Waals surface area contributed by atoms with E-state index in [2.05, 4.69) is 17.3 Å². The molecule has 5 heteroatoms. The minimum atomic E-state index is 0.0282. The van der Waals surface area contributed by atoms with Gasteiger partial charge in [0.2, 0.25) is 0 Å². The summed E-state index contributed by atoms with van der Waals surface area (Å²) in [6, 6.07) is 1.74. The first-order chi connectivity index (χ1) is 8.33. The maximum atomic E-state index is 12.0. The number of nitrogens with zero attached hydrogens (tertiary/aromatic N) is 3. The van der Waals surface area contributed by atoms with Crippen LogP contribution < -0.4 is 10.9 Å². The van der Waals surface area contributed by atoms with E-state index in [4.69, 9.17) is 0 Å². The Morgan fingerprint density at radius 3 is 3.06 bits per heavy atom. The molecule has 0 radical (unpaired) electrons. The van der Waals surface area contributed by atoms with Gasteiger partial charge in [-0.1, -0.05) is 6.92 Å². The quantitative estimate of drug-likeness (QED) is 0.755. The molecule has 2 heterocycles. The lowest BCUT2D eigenvalue weighted by atomic mass is 10.4. The Morgan fingerprint density at radius 1 is 1.35 bits per heavy atom. The van der Waals surface area contributed by atoms with E-state index in [-0.39, 0.29) is 5.56 Å². The first-order valence-electron chi connectivity index (χ1n) is 6.06. The van der Waals surface area contributed by atoms with Gasteiger partial charge in [0.15, 0.2) is 0 Å². The molecule has 17 heavy (non-hydrogen) atoms. The zero-order chi connectivity index (χ0) is 12.1. The van der Waals surface area contributed by atoms with Gasteiger partial charge in [-0.15, -0.1) is 0 Å². The van der Waals surface area contributed by atoms with Crippen molar-refractivity contribution in [1.29, 1.82) is 0 Å². The highest BCUT2D eigenvalue weighted by atomic mass is 16.1. The third kappa shape index (κ3) is 2.74. The van der Waals surface area contributed by atoms with Crippen molar-refractivity contribution in [3.05, 3.63) is 35.0 Å². The molecule has 5 nitrogen and oxygen atoms in total. The fourth-order valence-corrected chi connectivity index (χ4v) is 1.81. The van der Waals surface area contributed by atoms with E-state index in [9.17, 15) is 4.79 Å². The molecule has 2 rings (SSSR count).